The minimum absolute atomic E-state index is 0.0276. The Morgan fingerprint density at radius 3 is 2.38 bits per heavy atom. The van der Waals surface area contributed by atoms with Gasteiger partial charge in [-0.25, -0.2) is 0 Å². The fraction of sp³-hybridized carbons (Fsp3) is 0.538. The zero-order chi connectivity index (χ0) is 12.0. The van der Waals surface area contributed by atoms with Crippen LogP contribution in [0, 0.1) is 5.92 Å². The van der Waals surface area contributed by atoms with E-state index in [0.717, 1.165) is 5.56 Å². The van der Waals surface area contributed by atoms with Crippen LogP contribution >= 0.6 is 0 Å². The average molecular weight is 224 g/mol. The van der Waals surface area contributed by atoms with E-state index in [1.54, 1.807) is 6.92 Å². The Labute approximate surface area is 96.7 Å². The molecule has 0 saturated heterocycles. The first-order valence-electron chi connectivity index (χ1n) is 5.59. The topological polar surface area (TPSA) is 49.7 Å². The minimum atomic E-state index is -0.631. The molecule has 0 spiro atoms. The molecule has 3 nitrogen and oxygen atoms in total. The zero-order valence-corrected chi connectivity index (χ0v) is 9.84. The molecule has 1 aromatic carbocycles. The van der Waals surface area contributed by atoms with E-state index < -0.39 is 6.10 Å². The summed E-state index contributed by atoms with van der Waals surface area (Å²) in [5, 5.41) is 18.7. The predicted molar refractivity (Wildman–Crippen MR) is 62.9 cm³/mol. The van der Waals surface area contributed by atoms with Gasteiger partial charge in [0.2, 0.25) is 0 Å². The van der Waals surface area contributed by atoms with Crippen molar-refractivity contribution in [2.75, 3.05) is 6.61 Å². The van der Waals surface area contributed by atoms with E-state index in [9.17, 15) is 5.11 Å². The Balaban J connectivity index is 2.38. The van der Waals surface area contributed by atoms with Gasteiger partial charge in [0.1, 0.15) is 0 Å². The first-order valence-corrected chi connectivity index (χ1v) is 5.59. The van der Waals surface area contributed by atoms with Gasteiger partial charge in [-0.3, -0.25) is 0 Å². The summed E-state index contributed by atoms with van der Waals surface area (Å²) >= 11 is 0. The van der Waals surface area contributed by atoms with Gasteiger partial charge in [-0.05, 0) is 12.5 Å². The van der Waals surface area contributed by atoms with Crippen LogP contribution in [0.25, 0.3) is 0 Å². The quantitative estimate of drug-likeness (QED) is 0.771. The lowest BCUT2D eigenvalue weighted by Gasteiger charge is -2.23. The Morgan fingerprint density at radius 1 is 1.19 bits per heavy atom. The van der Waals surface area contributed by atoms with Crippen molar-refractivity contribution in [3.05, 3.63) is 35.9 Å². The molecule has 3 heteroatoms. The molecule has 0 aliphatic heterocycles. The van der Waals surface area contributed by atoms with E-state index in [2.05, 4.69) is 0 Å². The summed E-state index contributed by atoms with van der Waals surface area (Å²) in [7, 11) is 0. The number of hydrogen-bond donors (Lipinski definition) is 2. The van der Waals surface area contributed by atoms with E-state index in [4.69, 9.17) is 9.84 Å². The normalized spacial score (nSPS) is 16.8. The SMILES string of the molecule is C[C@H](CO)[C@H](O)[C@H](C)OCc1ccccc1. The van der Waals surface area contributed by atoms with Crippen molar-refractivity contribution in [2.24, 2.45) is 5.92 Å². The lowest BCUT2D eigenvalue weighted by molar-refractivity contribution is -0.0648. The van der Waals surface area contributed by atoms with E-state index >= 15 is 0 Å². The Hall–Kier alpha value is -0.900. The van der Waals surface area contributed by atoms with Crippen LogP contribution in [0.15, 0.2) is 30.3 Å². The second-order valence-electron chi connectivity index (χ2n) is 4.15. The molecule has 1 aromatic rings. The molecule has 0 aromatic heterocycles. The fourth-order valence-electron chi connectivity index (χ4n) is 1.47. The number of rotatable bonds is 6. The van der Waals surface area contributed by atoms with Crippen LogP contribution in [0.5, 0.6) is 0 Å². The van der Waals surface area contributed by atoms with Crippen LogP contribution in [0.4, 0.5) is 0 Å². The highest BCUT2D eigenvalue weighted by atomic mass is 16.5. The maximum atomic E-state index is 9.78. The molecule has 2 N–H and O–H groups in total. The predicted octanol–water partition coefficient (Wildman–Crippen LogP) is 1.58. The largest absolute Gasteiger partial charge is 0.396 e. The van der Waals surface area contributed by atoms with E-state index in [0.29, 0.717) is 6.61 Å². The number of benzene rings is 1. The fourth-order valence-corrected chi connectivity index (χ4v) is 1.47. The molecule has 0 saturated carbocycles. The Bertz CT molecular complexity index is 286. The maximum Gasteiger partial charge on any atom is 0.0846 e. The van der Waals surface area contributed by atoms with Gasteiger partial charge in [0.15, 0.2) is 0 Å². The van der Waals surface area contributed by atoms with Crippen molar-refractivity contribution >= 4 is 0 Å². The smallest absolute Gasteiger partial charge is 0.0846 e. The molecule has 16 heavy (non-hydrogen) atoms. The number of ether oxygens (including phenoxy) is 1. The summed E-state index contributed by atoms with van der Waals surface area (Å²) in [6.07, 6.45) is -0.906. The molecule has 90 valence electrons. The van der Waals surface area contributed by atoms with Crippen molar-refractivity contribution in [1.29, 1.82) is 0 Å². The van der Waals surface area contributed by atoms with Crippen LogP contribution < -0.4 is 0 Å². The third-order valence-corrected chi connectivity index (χ3v) is 2.71. The van der Waals surface area contributed by atoms with Crippen molar-refractivity contribution in [3.63, 3.8) is 0 Å². The molecule has 0 heterocycles. The first-order chi connectivity index (χ1) is 7.65. The Kier molecular flexibility index (Phi) is 5.46. The third-order valence-electron chi connectivity index (χ3n) is 2.71. The zero-order valence-electron chi connectivity index (χ0n) is 9.84. The van der Waals surface area contributed by atoms with Crippen LogP contribution in [0.1, 0.15) is 19.4 Å². The molecule has 0 bridgehead atoms. The summed E-state index contributed by atoms with van der Waals surface area (Å²) < 4.78 is 5.55. The van der Waals surface area contributed by atoms with Crippen molar-refractivity contribution in [1.82, 2.24) is 0 Å². The van der Waals surface area contributed by atoms with Crippen molar-refractivity contribution in [2.45, 2.75) is 32.7 Å². The van der Waals surface area contributed by atoms with Crippen molar-refractivity contribution in [3.8, 4) is 0 Å². The monoisotopic (exact) mass is 224 g/mol. The van der Waals surface area contributed by atoms with E-state index in [1.807, 2.05) is 37.3 Å². The molecule has 0 unspecified atom stereocenters. The van der Waals surface area contributed by atoms with Gasteiger partial charge >= 0.3 is 0 Å². The summed E-state index contributed by atoms with van der Waals surface area (Å²) in [5.74, 6) is -0.161. The molecular formula is C13H20O3. The van der Waals surface area contributed by atoms with Gasteiger partial charge < -0.3 is 14.9 Å². The van der Waals surface area contributed by atoms with Gasteiger partial charge in [-0.15, -0.1) is 0 Å². The van der Waals surface area contributed by atoms with Crippen molar-refractivity contribution < 1.29 is 14.9 Å². The summed E-state index contributed by atoms with van der Waals surface area (Å²) in [6.45, 7) is 4.07. The molecule has 0 amide bonds. The van der Waals surface area contributed by atoms with Crippen LogP contribution in [-0.4, -0.2) is 29.0 Å². The summed E-state index contributed by atoms with van der Waals surface area (Å²) in [6, 6.07) is 9.82. The lowest BCUT2D eigenvalue weighted by atomic mass is 10.0. The molecular weight excluding hydrogens is 204 g/mol. The van der Waals surface area contributed by atoms with Crippen LogP contribution in [0.3, 0.4) is 0 Å². The second kappa shape index (κ2) is 6.63. The van der Waals surface area contributed by atoms with Gasteiger partial charge in [-0.1, -0.05) is 37.3 Å². The number of aliphatic hydroxyl groups excluding tert-OH is 2. The first kappa shape index (κ1) is 13.2. The molecule has 0 aliphatic carbocycles. The Morgan fingerprint density at radius 2 is 1.81 bits per heavy atom. The highest BCUT2D eigenvalue weighted by Crippen LogP contribution is 2.11. The van der Waals surface area contributed by atoms with E-state index in [-0.39, 0.29) is 18.6 Å². The van der Waals surface area contributed by atoms with Gasteiger partial charge in [0, 0.05) is 12.5 Å². The van der Waals surface area contributed by atoms with Gasteiger partial charge in [0.25, 0.3) is 0 Å². The molecule has 3 atom stereocenters. The highest BCUT2D eigenvalue weighted by molar-refractivity contribution is 5.13. The molecule has 1 rings (SSSR count). The molecule has 0 radical (unpaired) electrons. The number of hydrogen-bond acceptors (Lipinski definition) is 3. The summed E-state index contributed by atoms with van der Waals surface area (Å²) in [5.41, 5.74) is 1.08. The van der Waals surface area contributed by atoms with Crippen LogP contribution in [-0.2, 0) is 11.3 Å². The number of aliphatic hydroxyl groups is 2. The molecule has 0 aliphatic rings. The van der Waals surface area contributed by atoms with E-state index in [1.165, 1.54) is 0 Å². The van der Waals surface area contributed by atoms with Gasteiger partial charge in [0.05, 0.1) is 18.8 Å². The second-order valence-corrected chi connectivity index (χ2v) is 4.15. The van der Waals surface area contributed by atoms with Gasteiger partial charge in [-0.2, -0.15) is 0 Å². The highest BCUT2D eigenvalue weighted by Gasteiger charge is 2.20. The standard InChI is InChI=1S/C13H20O3/c1-10(8-14)13(15)11(2)16-9-12-6-4-3-5-7-12/h3-7,10-11,13-15H,8-9H2,1-2H3/t10-,11+,13+/m1/s1. The molecule has 0 fully saturated rings. The van der Waals surface area contributed by atoms with Crippen LogP contribution in [0.2, 0.25) is 0 Å². The third kappa shape index (κ3) is 3.93. The maximum absolute atomic E-state index is 9.78. The minimum Gasteiger partial charge on any atom is -0.396 e. The lowest BCUT2D eigenvalue weighted by Crippen LogP contribution is -2.33. The average Bonchev–Trinajstić information content (AvgIpc) is 2.35. The summed E-state index contributed by atoms with van der Waals surface area (Å²) in [4.78, 5) is 0.